The third-order valence-corrected chi connectivity index (χ3v) is 6.00. The molecule has 3 aromatic rings. The zero-order valence-electron chi connectivity index (χ0n) is 16.9. The Morgan fingerprint density at radius 2 is 1.66 bits per heavy atom. The molecule has 152 valence electrons. The number of nitrogens with one attached hydrogen (secondary N) is 1. The third kappa shape index (κ3) is 6.12. The molecule has 5 heteroatoms. The van der Waals surface area contributed by atoms with Gasteiger partial charge in [-0.1, -0.05) is 34.1 Å². The Kier molecular flexibility index (Phi) is 7.84. The van der Waals surface area contributed by atoms with Crippen LogP contribution in [0.5, 0.6) is 11.5 Å². The van der Waals surface area contributed by atoms with Crippen molar-refractivity contribution in [3.63, 3.8) is 0 Å². The van der Waals surface area contributed by atoms with E-state index < -0.39 is 0 Å². The van der Waals surface area contributed by atoms with Crippen molar-refractivity contribution in [1.29, 1.82) is 0 Å². The zero-order valence-corrected chi connectivity index (χ0v) is 20.6. The molecule has 0 radical (unpaired) electrons. The molecule has 0 fully saturated rings. The molecule has 3 rings (SSSR count). The van der Waals surface area contributed by atoms with Crippen LogP contribution in [0.1, 0.15) is 29.2 Å². The fourth-order valence-electron chi connectivity index (χ4n) is 2.92. The summed E-state index contributed by atoms with van der Waals surface area (Å²) in [5.41, 5.74) is 5.99. The normalized spacial score (nSPS) is 10.7. The molecule has 29 heavy (non-hydrogen) atoms. The number of ether oxygens (including phenoxy) is 2. The minimum Gasteiger partial charge on any atom is -0.490 e. The largest absolute Gasteiger partial charge is 0.490 e. The molecular formula is C24H25BrINO2. The average Bonchev–Trinajstić information content (AvgIpc) is 2.70. The monoisotopic (exact) mass is 565 g/mol. The Morgan fingerprint density at radius 3 is 2.34 bits per heavy atom. The maximum Gasteiger partial charge on any atom is 0.174 e. The van der Waals surface area contributed by atoms with Crippen LogP contribution in [0.4, 0.5) is 5.69 Å². The molecule has 0 amide bonds. The summed E-state index contributed by atoms with van der Waals surface area (Å²) in [7, 11) is 0. The van der Waals surface area contributed by atoms with Crippen LogP contribution in [0.15, 0.2) is 59.1 Å². The van der Waals surface area contributed by atoms with Crippen molar-refractivity contribution in [3.05, 3.63) is 84.9 Å². The van der Waals surface area contributed by atoms with E-state index in [2.05, 4.69) is 100 Å². The third-order valence-electron chi connectivity index (χ3n) is 4.67. The van der Waals surface area contributed by atoms with Gasteiger partial charge in [0.05, 0.1) is 10.2 Å². The first kappa shape index (κ1) is 22.0. The summed E-state index contributed by atoms with van der Waals surface area (Å²) in [5, 5.41) is 3.50. The first-order valence-electron chi connectivity index (χ1n) is 9.60. The van der Waals surface area contributed by atoms with E-state index in [1.165, 1.54) is 11.1 Å². The highest BCUT2D eigenvalue weighted by Crippen LogP contribution is 2.35. The van der Waals surface area contributed by atoms with E-state index in [1.54, 1.807) is 0 Å². The molecule has 3 aromatic carbocycles. The van der Waals surface area contributed by atoms with Crippen molar-refractivity contribution in [3.8, 4) is 11.5 Å². The predicted octanol–water partition coefficient (Wildman–Crippen LogP) is 7.26. The van der Waals surface area contributed by atoms with E-state index in [-0.39, 0.29) is 0 Å². The molecule has 3 nitrogen and oxygen atoms in total. The van der Waals surface area contributed by atoms with Crippen LogP contribution in [-0.2, 0) is 13.2 Å². The second-order valence-corrected chi connectivity index (χ2v) is 8.98. The van der Waals surface area contributed by atoms with Gasteiger partial charge in [0.15, 0.2) is 11.5 Å². The molecule has 0 saturated carbocycles. The van der Waals surface area contributed by atoms with Gasteiger partial charge >= 0.3 is 0 Å². The van der Waals surface area contributed by atoms with Crippen LogP contribution in [0.25, 0.3) is 0 Å². The number of halogens is 2. The van der Waals surface area contributed by atoms with Crippen LogP contribution in [0.3, 0.4) is 0 Å². The summed E-state index contributed by atoms with van der Waals surface area (Å²) < 4.78 is 14.1. The summed E-state index contributed by atoms with van der Waals surface area (Å²) >= 11 is 5.79. The Balaban J connectivity index is 1.74. The summed E-state index contributed by atoms with van der Waals surface area (Å²) in [6.07, 6.45) is 0. The molecule has 0 saturated heterocycles. The number of anilines is 1. The van der Waals surface area contributed by atoms with Gasteiger partial charge in [-0.2, -0.15) is 0 Å². The van der Waals surface area contributed by atoms with E-state index in [0.29, 0.717) is 13.2 Å². The maximum atomic E-state index is 6.12. The van der Waals surface area contributed by atoms with Crippen LogP contribution in [0.2, 0.25) is 0 Å². The van der Waals surface area contributed by atoms with Gasteiger partial charge in [0, 0.05) is 16.7 Å². The first-order valence-corrected chi connectivity index (χ1v) is 11.5. The van der Waals surface area contributed by atoms with Gasteiger partial charge in [-0.15, -0.1) is 0 Å². The highest BCUT2D eigenvalue weighted by atomic mass is 127. The van der Waals surface area contributed by atoms with Crippen LogP contribution in [-0.4, -0.2) is 6.61 Å². The minimum atomic E-state index is 0.504. The number of benzene rings is 3. The SMILES string of the molecule is CCOc1cc(CNc2ccc(C)c(C)c2)cc(I)c1OCc1ccc(Br)cc1. The van der Waals surface area contributed by atoms with Crippen molar-refractivity contribution < 1.29 is 9.47 Å². The Labute approximate surface area is 195 Å². The number of hydrogen-bond donors (Lipinski definition) is 1. The number of aryl methyl sites for hydroxylation is 2. The van der Waals surface area contributed by atoms with Gasteiger partial charge in [0.2, 0.25) is 0 Å². The first-order chi connectivity index (χ1) is 14.0. The van der Waals surface area contributed by atoms with Gasteiger partial charge < -0.3 is 14.8 Å². The van der Waals surface area contributed by atoms with Crippen molar-refractivity contribution in [2.45, 2.75) is 33.9 Å². The van der Waals surface area contributed by atoms with Crippen LogP contribution >= 0.6 is 38.5 Å². The highest BCUT2D eigenvalue weighted by molar-refractivity contribution is 14.1. The molecule has 0 atom stereocenters. The average molecular weight is 566 g/mol. The highest BCUT2D eigenvalue weighted by Gasteiger charge is 2.13. The number of rotatable bonds is 8. The smallest absolute Gasteiger partial charge is 0.174 e. The van der Waals surface area contributed by atoms with Crippen molar-refractivity contribution in [2.24, 2.45) is 0 Å². The molecule has 0 aromatic heterocycles. The maximum absolute atomic E-state index is 6.12. The van der Waals surface area contributed by atoms with E-state index >= 15 is 0 Å². The minimum absolute atomic E-state index is 0.504. The van der Waals surface area contributed by atoms with Gasteiger partial charge in [0.1, 0.15) is 6.61 Å². The molecule has 0 bridgehead atoms. The predicted molar refractivity (Wildman–Crippen MR) is 132 cm³/mol. The fourth-order valence-corrected chi connectivity index (χ4v) is 4.00. The quantitative estimate of drug-likeness (QED) is 0.292. The molecule has 0 aliphatic rings. The number of hydrogen-bond acceptors (Lipinski definition) is 3. The van der Waals surface area contributed by atoms with Gasteiger partial charge in [-0.3, -0.25) is 0 Å². The standard InChI is InChI=1S/C24H25BrINO2/c1-4-28-23-13-19(14-27-21-10-5-16(2)17(3)11-21)12-22(26)24(23)29-15-18-6-8-20(25)9-7-18/h5-13,27H,4,14-15H2,1-3H3. The Hall–Kier alpha value is -1.73. The molecule has 0 unspecified atom stereocenters. The summed E-state index contributed by atoms with van der Waals surface area (Å²) in [5.74, 6) is 1.58. The van der Waals surface area contributed by atoms with Crippen molar-refractivity contribution in [2.75, 3.05) is 11.9 Å². The fraction of sp³-hybridized carbons (Fsp3) is 0.250. The lowest BCUT2D eigenvalue weighted by Crippen LogP contribution is -2.05. The van der Waals surface area contributed by atoms with E-state index in [4.69, 9.17) is 9.47 Å². The second-order valence-electron chi connectivity index (χ2n) is 6.91. The van der Waals surface area contributed by atoms with E-state index in [1.807, 2.05) is 19.1 Å². The van der Waals surface area contributed by atoms with Crippen molar-refractivity contribution >= 4 is 44.2 Å². The molecule has 0 aliphatic heterocycles. The van der Waals surface area contributed by atoms with Crippen LogP contribution < -0.4 is 14.8 Å². The molecule has 0 heterocycles. The Morgan fingerprint density at radius 1 is 0.897 bits per heavy atom. The summed E-state index contributed by atoms with van der Waals surface area (Å²) in [6.45, 7) is 8.08. The lowest BCUT2D eigenvalue weighted by Gasteiger charge is -2.16. The van der Waals surface area contributed by atoms with E-state index in [9.17, 15) is 0 Å². The summed E-state index contributed by atoms with van der Waals surface area (Å²) in [4.78, 5) is 0. The van der Waals surface area contributed by atoms with Crippen molar-refractivity contribution in [1.82, 2.24) is 0 Å². The molecule has 1 N–H and O–H groups in total. The Bertz CT molecular complexity index is 973. The second kappa shape index (κ2) is 10.3. The molecular weight excluding hydrogens is 541 g/mol. The van der Waals surface area contributed by atoms with Crippen LogP contribution in [0, 0.1) is 17.4 Å². The van der Waals surface area contributed by atoms with Gasteiger partial charge in [-0.05, 0) is 102 Å². The van der Waals surface area contributed by atoms with E-state index in [0.717, 1.165) is 42.9 Å². The zero-order chi connectivity index (χ0) is 20.8. The lowest BCUT2D eigenvalue weighted by atomic mass is 10.1. The topological polar surface area (TPSA) is 30.5 Å². The lowest BCUT2D eigenvalue weighted by molar-refractivity contribution is 0.267. The van der Waals surface area contributed by atoms with Gasteiger partial charge in [0.25, 0.3) is 0 Å². The summed E-state index contributed by atoms with van der Waals surface area (Å²) in [6, 6.07) is 18.8. The molecule has 0 spiro atoms. The van der Waals surface area contributed by atoms with Gasteiger partial charge in [-0.25, -0.2) is 0 Å². The molecule has 0 aliphatic carbocycles.